The molecule has 4 rings (SSSR count). The van der Waals surface area contributed by atoms with Crippen molar-refractivity contribution in [3.8, 4) is 0 Å². The topological polar surface area (TPSA) is 182 Å². The van der Waals surface area contributed by atoms with Crippen LogP contribution in [0.4, 0.5) is 23.0 Å². The number of nitrogens with one attached hydrogen (secondary N) is 2. The summed E-state index contributed by atoms with van der Waals surface area (Å²) in [7, 11) is -8.33. The van der Waals surface area contributed by atoms with E-state index in [4.69, 9.17) is 0 Å². The quantitative estimate of drug-likeness (QED) is 0.204. The van der Waals surface area contributed by atoms with E-state index in [0.717, 1.165) is 10.4 Å². The molecule has 13 nitrogen and oxygen atoms in total. The van der Waals surface area contributed by atoms with Crippen LogP contribution in [0, 0.1) is 24.0 Å². The molecule has 0 aliphatic carbocycles. The second kappa shape index (κ2) is 11.7. The van der Waals surface area contributed by atoms with Crippen molar-refractivity contribution in [1.82, 2.24) is 9.97 Å². The van der Waals surface area contributed by atoms with E-state index < -0.39 is 37.4 Å². The summed E-state index contributed by atoms with van der Waals surface area (Å²) in [6.07, 6.45) is 0. The summed E-state index contributed by atoms with van der Waals surface area (Å²) in [6.45, 7) is 2.69. The van der Waals surface area contributed by atoms with E-state index in [-0.39, 0.29) is 32.8 Å². The third-order valence-corrected chi connectivity index (χ3v) is 8.74. The number of benzene rings is 3. The minimum atomic E-state index is -4.30. The molecule has 0 fully saturated rings. The Morgan fingerprint density at radius 3 is 2.10 bits per heavy atom. The van der Waals surface area contributed by atoms with E-state index in [0.29, 0.717) is 11.4 Å². The molecule has 0 saturated carbocycles. The molecule has 0 aliphatic rings. The third-order valence-electron chi connectivity index (χ3n) is 5.60. The van der Waals surface area contributed by atoms with Crippen LogP contribution < -0.4 is 14.3 Å². The Balaban J connectivity index is 1.55. The maximum absolute atomic E-state index is 13.4. The number of hydrogen-bond donors (Lipinski definition) is 2. The highest BCUT2D eigenvalue weighted by Crippen LogP contribution is 2.27. The molecule has 2 N–H and O–H groups in total. The van der Waals surface area contributed by atoms with Crippen LogP contribution in [0.25, 0.3) is 0 Å². The number of carbonyl (C=O) groups is 1. The Bertz CT molecular complexity index is 1790. The lowest BCUT2D eigenvalue weighted by Crippen LogP contribution is -2.38. The number of non-ortho nitro benzene ring substituents is 1. The van der Waals surface area contributed by atoms with Gasteiger partial charge in [-0.15, -0.1) is 0 Å². The zero-order chi connectivity index (χ0) is 29.8. The number of hydrogen-bond acceptors (Lipinski definition) is 9. The zero-order valence-electron chi connectivity index (χ0n) is 21.8. The number of nitro benzene ring substituents is 1. The highest BCUT2D eigenvalue weighted by atomic mass is 32.2. The highest BCUT2D eigenvalue weighted by molar-refractivity contribution is 7.93. The van der Waals surface area contributed by atoms with Gasteiger partial charge in [-0.2, -0.15) is 0 Å². The van der Waals surface area contributed by atoms with Gasteiger partial charge in [0.2, 0.25) is 11.9 Å². The van der Waals surface area contributed by atoms with Crippen molar-refractivity contribution in [2.45, 2.75) is 23.6 Å². The minimum Gasteiger partial charge on any atom is -0.325 e. The van der Waals surface area contributed by atoms with Crippen molar-refractivity contribution >= 4 is 49.0 Å². The van der Waals surface area contributed by atoms with Gasteiger partial charge in [0.05, 0.1) is 20.4 Å². The van der Waals surface area contributed by atoms with Crippen molar-refractivity contribution in [3.63, 3.8) is 0 Å². The van der Waals surface area contributed by atoms with E-state index in [1.807, 2.05) is 0 Å². The van der Waals surface area contributed by atoms with E-state index in [1.54, 1.807) is 26.0 Å². The number of aromatic nitrogens is 2. The van der Waals surface area contributed by atoms with Crippen LogP contribution in [-0.2, 0) is 24.8 Å². The van der Waals surface area contributed by atoms with Crippen LogP contribution in [0.5, 0.6) is 0 Å². The first-order valence-corrected chi connectivity index (χ1v) is 14.8. The fourth-order valence-corrected chi connectivity index (χ4v) is 6.17. The summed E-state index contributed by atoms with van der Waals surface area (Å²) >= 11 is 0. The van der Waals surface area contributed by atoms with Gasteiger partial charge < -0.3 is 5.32 Å². The average Bonchev–Trinajstić information content (AvgIpc) is 2.91. The molecule has 1 heterocycles. The van der Waals surface area contributed by atoms with Crippen molar-refractivity contribution in [1.29, 1.82) is 0 Å². The number of rotatable bonds is 10. The van der Waals surface area contributed by atoms with Gasteiger partial charge in [-0.3, -0.25) is 19.2 Å². The van der Waals surface area contributed by atoms with Gasteiger partial charge in [0, 0.05) is 29.2 Å². The van der Waals surface area contributed by atoms with Gasteiger partial charge in [-0.1, -0.05) is 24.3 Å². The van der Waals surface area contributed by atoms with Gasteiger partial charge in [0.1, 0.15) is 6.54 Å². The van der Waals surface area contributed by atoms with Crippen molar-refractivity contribution in [2.24, 2.45) is 0 Å². The predicted octanol–water partition coefficient (Wildman–Crippen LogP) is 3.64. The molecule has 0 bridgehead atoms. The first-order valence-electron chi connectivity index (χ1n) is 11.9. The Morgan fingerprint density at radius 2 is 1.49 bits per heavy atom. The molecule has 0 unspecified atom stereocenters. The van der Waals surface area contributed by atoms with E-state index in [9.17, 15) is 31.7 Å². The molecule has 41 heavy (non-hydrogen) atoms. The summed E-state index contributed by atoms with van der Waals surface area (Å²) in [5.74, 6) is -0.853. The SMILES string of the molecule is Cc1cc(C)nc(NS(=O)(=O)c2ccc(NC(=O)CN(c3cccc([N+](=O)[O-])c3)S(=O)(=O)c3ccccc3)cc2)n1. The highest BCUT2D eigenvalue weighted by Gasteiger charge is 2.28. The fraction of sp³-hybridized carbons (Fsp3) is 0.115. The number of nitro groups is 1. The molecule has 0 aliphatic heterocycles. The maximum Gasteiger partial charge on any atom is 0.271 e. The maximum atomic E-state index is 13.4. The molecule has 0 atom stereocenters. The number of sulfonamides is 2. The number of nitrogens with zero attached hydrogens (tertiary/aromatic N) is 4. The largest absolute Gasteiger partial charge is 0.325 e. The monoisotopic (exact) mass is 596 g/mol. The van der Waals surface area contributed by atoms with Crippen LogP contribution in [0.3, 0.4) is 0 Å². The molecule has 0 radical (unpaired) electrons. The van der Waals surface area contributed by atoms with Gasteiger partial charge in [0.15, 0.2) is 0 Å². The van der Waals surface area contributed by atoms with E-state index in [2.05, 4.69) is 20.0 Å². The lowest BCUT2D eigenvalue weighted by atomic mass is 10.3. The standard InChI is InChI=1S/C26H24N6O7S2/c1-18-15-19(2)28-26(27-18)30-40(36,37)23-13-11-20(12-14-23)29-25(33)17-31(21-7-6-8-22(16-21)32(34)35)41(38,39)24-9-4-3-5-10-24/h3-16H,17H2,1-2H3,(H,29,33)(H,27,28,30). The molecule has 3 aromatic carbocycles. The smallest absolute Gasteiger partial charge is 0.271 e. The summed E-state index contributed by atoms with van der Waals surface area (Å²) in [4.78, 5) is 31.5. The van der Waals surface area contributed by atoms with E-state index in [1.165, 1.54) is 66.7 Å². The van der Waals surface area contributed by atoms with Crippen LogP contribution in [0.2, 0.25) is 0 Å². The summed E-state index contributed by atoms with van der Waals surface area (Å²) < 4.78 is 55.5. The number of carbonyl (C=O) groups excluding carboxylic acids is 1. The zero-order valence-corrected chi connectivity index (χ0v) is 23.4. The van der Waals surface area contributed by atoms with Gasteiger partial charge in [-0.25, -0.2) is 31.5 Å². The molecule has 15 heteroatoms. The molecule has 212 valence electrons. The Hall–Kier alpha value is -4.89. The third kappa shape index (κ3) is 7.01. The lowest BCUT2D eigenvalue weighted by Gasteiger charge is -2.24. The normalized spacial score (nSPS) is 11.5. The molecule has 0 saturated heterocycles. The first-order chi connectivity index (χ1) is 19.3. The molecule has 4 aromatic rings. The van der Waals surface area contributed by atoms with Crippen molar-refractivity contribution in [3.05, 3.63) is 106 Å². The molecule has 1 amide bonds. The predicted molar refractivity (Wildman–Crippen MR) is 151 cm³/mol. The Labute approximate surface area is 236 Å². The lowest BCUT2D eigenvalue weighted by molar-refractivity contribution is -0.384. The van der Waals surface area contributed by atoms with Crippen LogP contribution in [-0.4, -0.2) is 44.2 Å². The molecular formula is C26H24N6O7S2. The molecule has 0 spiro atoms. The average molecular weight is 597 g/mol. The van der Waals surface area contributed by atoms with Crippen LogP contribution in [0.15, 0.2) is 94.7 Å². The van der Waals surface area contributed by atoms with Crippen LogP contribution >= 0.6 is 0 Å². The Morgan fingerprint density at radius 1 is 0.854 bits per heavy atom. The second-order valence-electron chi connectivity index (χ2n) is 8.75. The minimum absolute atomic E-state index is 0.0826. The fourth-order valence-electron chi connectivity index (χ4n) is 3.80. The summed E-state index contributed by atoms with van der Waals surface area (Å²) in [5.41, 5.74) is 0.920. The van der Waals surface area contributed by atoms with Gasteiger partial charge in [0.25, 0.3) is 25.7 Å². The number of amides is 1. The first kappa shape index (κ1) is 29.1. The van der Waals surface area contributed by atoms with Gasteiger partial charge in [-0.05, 0) is 62.4 Å². The Kier molecular flexibility index (Phi) is 8.30. The molecular weight excluding hydrogens is 572 g/mol. The van der Waals surface area contributed by atoms with Gasteiger partial charge >= 0.3 is 0 Å². The van der Waals surface area contributed by atoms with Crippen molar-refractivity contribution < 1.29 is 26.6 Å². The molecule has 1 aromatic heterocycles. The summed E-state index contributed by atoms with van der Waals surface area (Å²) in [6, 6.07) is 19.1. The number of anilines is 3. The van der Waals surface area contributed by atoms with E-state index >= 15 is 0 Å². The van der Waals surface area contributed by atoms with Crippen LogP contribution in [0.1, 0.15) is 11.4 Å². The summed E-state index contributed by atoms with van der Waals surface area (Å²) in [5, 5.41) is 13.8. The second-order valence-corrected chi connectivity index (χ2v) is 12.3. The van der Waals surface area contributed by atoms with Crippen molar-refractivity contribution in [2.75, 3.05) is 20.9 Å². The number of aryl methyl sites for hydroxylation is 2.